The van der Waals surface area contributed by atoms with Gasteiger partial charge in [0.2, 0.25) is 0 Å². The topological polar surface area (TPSA) is 90.0 Å². The van der Waals surface area contributed by atoms with Crippen molar-refractivity contribution >= 4 is 29.3 Å². The number of ketones is 1. The fourth-order valence-electron chi connectivity index (χ4n) is 4.11. The summed E-state index contributed by atoms with van der Waals surface area (Å²) < 4.78 is 10.3. The van der Waals surface area contributed by atoms with Gasteiger partial charge in [-0.15, -0.1) is 0 Å². The molecule has 4 aromatic carbocycles. The molecule has 2 amide bonds. The van der Waals surface area contributed by atoms with E-state index in [2.05, 4.69) is 0 Å². The minimum atomic E-state index is -0.764. The molecule has 1 aliphatic heterocycles. The zero-order valence-electron chi connectivity index (χ0n) is 19.8. The number of rotatable bonds is 7. The third-order valence-electron chi connectivity index (χ3n) is 6.10. The minimum Gasteiger partial charge on any atom is -0.497 e. The Kier molecular flexibility index (Phi) is 6.34. The SMILES string of the molecule is COc1ccc(N2C(=O)c3ccc(C(=O)OCC(=O)c4ccc(-c5ccccc5)cc4)cc3C2=O)cc1. The van der Waals surface area contributed by atoms with Crippen LogP contribution in [0, 0.1) is 0 Å². The Balaban J connectivity index is 1.26. The largest absolute Gasteiger partial charge is 0.497 e. The number of fused-ring (bicyclic) bond motifs is 1. The maximum Gasteiger partial charge on any atom is 0.338 e. The van der Waals surface area contributed by atoms with Crippen LogP contribution < -0.4 is 9.64 Å². The van der Waals surface area contributed by atoms with Crippen LogP contribution in [-0.2, 0) is 4.74 Å². The second-order valence-electron chi connectivity index (χ2n) is 8.35. The predicted octanol–water partition coefficient (Wildman–Crippen LogP) is 5.20. The van der Waals surface area contributed by atoms with Crippen molar-refractivity contribution in [3.63, 3.8) is 0 Å². The van der Waals surface area contributed by atoms with Gasteiger partial charge in [-0.2, -0.15) is 0 Å². The van der Waals surface area contributed by atoms with Crippen molar-refractivity contribution in [2.75, 3.05) is 18.6 Å². The van der Waals surface area contributed by atoms with Gasteiger partial charge in [0.05, 0.1) is 29.5 Å². The molecule has 0 saturated carbocycles. The summed E-state index contributed by atoms with van der Waals surface area (Å²) >= 11 is 0. The molecule has 7 heteroatoms. The van der Waals surface area contributed by atoms with Gasteiger partial charge in [-0.3, -0.25) is 14.4 Å². The summed E-state index contributed by atoms with van der Waals surface area (Å²) in [5, 5.41) is 0. The number of imide groups is 1. The van der Waals surface area contributed by atoms with Gasteiger partial charge >= 0.3 is 5.97 Å². The van der Waals surface area contributed by atoms with Crippen LogP contribution in [0.1, 0.15) is 41.4 Å². The Morgan fingerprint density at radius 3 is 2.00 bits per heavy atom. The molecule has 1 heterocycles. The molecule has 0 saturated heterocycles. The molecule has 0 unspecified atom stereocenters. The van der Waals surface area contributed by atoms with E-state index in [1.165, 1.54) is 25.3 Å². The molecule has 0 aromatic heterocycles. The fraction of sp³-hybridized carbons (Fsp3) is 0.0667. The summed E-state index contributed by atoms with van der Waals surface area (Å²) in [6, 6.07) is 27.4. The van der Waals surface area contributed by atoms with Crippen molar-refractivity contribution in [3.8, 4) is 16.9 Å². The van der Waals surface area contributed by atoms with Crippen LogP contribution in [0.4, 0.5) is 5.69 Å². The quantitative estimate of drug-likeness (QED) is 0.200. The van der Waals surface area contributed by atoms with Gasteiger partial charge in [-0.1, -0.05) is 54.6 Å². The second-order valence-corrected chi connectivity index (χ2v) is 8.35. The highest BCUT2D eigenvalue weighted by Gasteiger charge is 2.37. The number of hydrogen-bond acceptors (Lipinski definition) is 6. The van der Waals surface area contributed by atoms with Gasteiger partial charge in [0.15, 0.2) is 12.4 Å². The lowest BCUT2D eigenvalue weighted by Crippen LogP contribution is -2.29. The predicted molar refractivity (Wildman–Crippen MR) is 137 cm³/mol. The lowest BCUT2D eigenvalue weighted by Gasteiger charge is -2.14. The standard InChI is InChI=1S/C30H21NO6/c1-36-24-14-12-23(13-15-24)31-28(33)25-16-11-22(17-26(25)29(31)34)30(35)37-18-27(32)21-9-7-20(8-10-21)19-5-3-2-4-6-19/h2-17H,18H2,1H3. The molecular formula is C30H21NO6. The number of nitrogens with zero attached hydrogens (tertiary/aromatic N) is 1. The molecule has 0 atom stereocenters. The summed E-state index contributed by atoms with van der Waals surface area (Å²) in [6.07, 6.45) is 0. The van der Waals surface area contributed by atoms with E-state index in [1.807, 2.05) is 42.5 Å². The molecule has 37 heavy (non-hydrogen) atoms. The molecule has 0 N–H and O–H groups in total. The summed E-state index contributed by atoms with van der Waals surface area (Å²) in [6.45, 7) is -0.453. The highest BCUT2D eigenvalue weighted by atomic mass is 16.5. The summed E-state index contributed by atoms with van der Waals surface area (Å²) in [4.78, 5) is 52.1. The molecular weight excluding hydrogens is 470 g/mol. The fourth-order valence-corrected chi connectivity index (χ4v) is 4.11. The van der Waals surface area contributed by atoms with E-state index in [0.717, 1.165) is 16.0 Å². The number of hydrogen-bond donors (Lipinski definition) is 0. The van der Waals surface area contributed by atoms with Crippen LogP contribution in [-0.4, -0.2) is 37.3 Å². The van der Waals surface area contributed by atoms with Crippen molar-refractivity contribution in [1.29, 1.82) is 0 Å². The number of methoxy groups -OCH3 is 1. The van der Waals surface area contributed by atoms with E-state index in [4.69, 9.17) is 9.47 Å². The third kappa shape index (κ3) is 4.62. The van der Waals surface area contributed by atoms with Crippen LogP contribution in [0.25, 0.3) is 11.1 Å². The molecule has 5 rings (SSSR count). The average molecular weight is 491 g/mol. The van der Waals surface area contributed by atoms with Crippen molar-refractivity contribution in [3.05, 3.63) is 119 Å². The number of carbonyl (C=O) groups excluding carboxylic acids is 4. The molecule has 0 spiro atoms. The molecule has 0 bridgehead atoms. The zero-order valence-corrected chi connectivity index (χ0v) is 19.8. The van der Waals surface area contributed by atoms with Crippen molar-refractivity contribution in [1.82, 2.24) is 0 Å². The van der Waals surface area contributed by atoms with Crippen molar-refractivity contribution in [2.24, 2.45) is 0 Å². The highest BCUT2D eigenvalue weighted by Crippen LogP contribution is 2.30. The number of amides is 2. The van der Waals surface area contributed by atoms with Gasteiger partial charge in [-0.25, -0.2) is 9.69 Å². The zero-order chi connectivity index (χ0) is 25.9. The van der Waals surface area contributed by atoms with E-state index in [-0.39, 0.29) is 22.5 Å². The molecule has 0 aliphatic carbocycles. The Morgan fingerprint density at radius 2 is 1.32 bits per heavy atom. The number of carbonyl (C=O) groups is 4. The molecule has 182 valence electrons. The number of esters is 1. The lowest BCUT2D eigenvalue weighted by molar-refractivity contribution is 0.0474. The number of ether oxygens (including phenoxy) is 2. The number of benzene rings is 4. The van der Waals surface area contributed by atoms with Crippen LogP contribution in [0.15, 0.2) is 97.1 Å². The molecule has 4 aromatic rings. The molecule has 1 aliphatic rings. The van der Waals surface area contributed by atoms with Crippen LogP contribution in [0.2, 0.25) is 0 Å². The van der Waals surface area contributed by atoms with Crippen molar-refractivity contribution < 1.29 is 28.7 Å². The summed E-state index contributed by atoms with van der Waals surface area (Å²) in [5.74, 6) is -1.56. The molecule has 0 fully saturated rings. The van der Waals surface area contributed by atoms with E-state index < -0.39 is 24.4 Å². The monoisotopic (exact) mass is 491 g/mol. The first-order chi connectivity index (χ1) is 18.0. The smallest absolute Gasteiger partial charge is 0.338 e. The van der Waals surface area contributed by atoms with E-state index >= 15 is 0 Å². The Hall–Kier alpha value is -5.04. The second kappa shape index (κ2) is 9.91. The normalized spacial score (nSPS) is 12.3. The first kappa shape index (κ1) is 23.7. The van der Waals surface area contributed by atoms with E-state index in [1.54, 1.807) is 36.4 Å². The first-order valence-corrected chi connectivity index (χ1v) is 11.5. The minimum absolute atomic E-state index is 0.0729. The van der Waals surface area contributed by atoms with Gasteiger partial charge in [0.1, 0.15) is 5.75 Å². The number of anilines is 1. The Bertz CT molecular complexity index is 1510. The van der Waals surface area contributed by atoms with Crippen LogP contribution >= 0.6 is 0 Å². The molecule has 0 radical (unpaired) electrons. The summed E-state index contributed by atoms with van der Waals surface area (Å²) in [7, 11) is 1.52. The maximum atomic E-state index is 13.0. The van der Waals surface area contributed by atoms with Gasteiger partial charge < -0.3 is 9.47 Å². The third-order valence-corrected chi connectivity index (χ3v) is 6.10. The van der Waals surface area contributed by atoms with Crippen LogP contribution in [0.3, 0.4) is 0 Å². The Labute approximate surface area is 212 Å². The van der Waals surface area contributed by atoms with Crippen molar-refractivity contribution in [2.45, 2.75) is 0 Å². The highest BCUT2D eigenvalue weighted by molar-refractivity contribution is 6.34. The van der Waals surface area contributed by atoms with E-state index in [0.29, 0.717) is 17.0 Å². The first-order valence-electron chi connectivity index (χ1n) is 11.5. The summed E-state index contributed by atoms with van der Waals surface area (Å²) in [5.41, 5.74) is 3.16. The molecule has 7 nitrogen and oxygen atoms in total. The van der Waals surface area contributed by atoms with Crippen LogP contribution in [0.5, 0.6) is 5.75 Å². The van der Waals surface area contributed by atoms with E-state index in [9.17, 15) is 19.2 Å². The Morgan fingerprint density at radius 1 is 0.703 bits per heavy atom. The van der Waals surface area contributed by atoms with Gasteiger partial charge in [0, 0.05) is 5.56 Å². The maximum absolute atomic E-state index is 13.0. The average Bonchev–Trinajstić information content (AvgIpc) is 3.21. The van der Waals surface area contributed by atoms with Gasteiger partial charge in [-0.05, 0) is 53.6 Å². The number of Topliss-reactive ketones (excluding diaryl/α,β-unsaturated/α-hetero) is 1. The lowest BCUT2D eigenvalue weighted by atomic mass is 10.0. The van der Waals surface area contributed by atoms with Gasteiger partial charge in [0.25, 0.3) is 11.8 Å².